The number of aliphatic hydroxyl groups is 1. The Bertz CT molecular complexity index is 560. The first-order chi connectivity index (χ1) is 8.10. The molecule has 0 saturated heterocycles. The molecule has 0 atom stereocenters. The van der Waals surface area contributed by atoms with E-state index in [4.69, 9.17) is 16.7 Å². The van der Waals surface area contributed by atoms with Gasteiger partial charge in [0, 0.05) is 11.3 Å². The molecule has 0 bridgehead atoms. The second-order valence-electron chi connectivity index (χ2n) is 3.61. The minimum Gasteiger partial charge on any atom is -0.390 e. The van der Waals surface area contributed by atoms with Crippen molar-refractivity contribution in [2.75, 3.05) is 0 Å². The summed E-state index contributed by atoms with van der Waals surface area (Å²) in [6.07, 6.45) is 0. The molecule has 88 valence electrons. The Morgan fingerprint density at radius 1 is 1.29 bits per heavy atom. The zero-order valence-corrected chi connectivity index (χ0v) is 9.87. The van der Waals surface area contributed by atoms with Gasteiger partial charge in [0.1, 0.15) is 5.82 Å². The molecular weight excluding hydrogens is 243 g/mol. The van der Waals surface area contributed by atoms with Gasteiger partial charge in [0.05, 0.1) is 17.3 Å². The van der Waals surface area contributed by atoms with Crippen molar-refractivity contribution in [3.63, 3.8) is 0 Å². The molecule has 0 aliphatic heterocycles. The lowest BCUT2D eigenvalue weighted by atomic mass is 10.2. The van der Waals surface area contributed by atoms with E-state index in [9.17, 15) is 4.39 Å². The van der Waals surface area contributed by atoms with Gasteiger partial charge >= 0.3 is 0 Å². The third-order valence-corrected chi connectivity index (χ3v) is 2.54. The van der Waals surface area contributed by atoms with E-state index in [0.717, 1.165) is 5.69 Å². The molecule has 1 heterocycles. The van der Waals surface area contributed by atoms with Crippen LogP contribution in [0.1, 0.15) is 11.4 Å². The maximum absolute atomic E-state index is 13.0. The van der Waals surface area contributed by atoms with Crippen molar-refractivity contribution >= 4 is 11.6 Å². The fraction of sp³-hybridized carbons (Fsp3) is 0.167. The molecule has 0 aliphatic rings. The average molecular weight is 253 g/mol. The molecule has 5 heteroatoms. The van der Waals surface area contributed by atoms with Gasteiger partial charge in [0.15, 0.2) is 5.82 Å². The van der Waals surface area contributed by atoms with E-state index in [1.54, 1.807) is 19.1 Å². The first kappa shape index (κ1) is 12.0. The molecule has 2 aromatic rings. The van der Waals surface area contributed by atoms with Gasteiger partial charge in [-0.25, -0.2) is 14.4 Å². The number of hydrogen-bond donors (Lipinski definition) is 1. The molecular formula is C12H10ClFN2O. The second-order valence-corrected chi connectivity index (χ2v) is 4.02. The van der Waals surface area contributed by atoms with Gasteiger partial charge in [0.25, 0.3) is 0 Å². The quantitative estimate of drug-likeness (QED) is 0.894. The molecule has 0 saturated carbocycles. The Morgan fingerprint density at radius 3 is 2.71 bits per heavy atom. The fourth-order valence-corrected chi connectivity index (χ4v) is 1.66. The molecule has 0 radical (unpaired) electrons. The Balaban J connectivity index is 2.52. The standard InChI is InChI=1S/C12H10ClFN2O/c1-7-4-9(6-17)16-12(15-7)8-2-3-11(14)10(13)5-8/h2-5,17H,6H2,1H3. The van der Waals surface area contributed by atoms with Crippen LogP contribution < -0.4 is 0 Å². The van der Waals surface area contributed by atoms with Crippen LogP contribution in [0.3, 0.4) is 0 Å². The van der Waals surface area contributed by atoms with Gasteiger partial charge in [-0.3, -0.25) is 0 Å². The van der Waals surface area contributed by atoms with Crippen LogP contribution in [0.4, 0.5) is 4.39 Å². The number of aryl methyl sites for hydroxylation is 1. The first-order valence-electron chi connectivity index (χ1n) is 5.01. The van der Waals surface area contributed by atoms with Crippen LogP contribution in [-0.4, -0.2) is 15.1 Å². The minimum atomic E-state index is -0.481. The smallest absolute Gasteiger partial charge is 0.159 e. The van der Waals surface area contributed by atoms with E-state index in [1.807, 2.05) is 0 Å². The van der Waals surface area contributed by atoms with Crippen molar-refractivity contribution in [3.8, 4) is 11.4 Å². The zero-order valence-electron chi connectivity index (χ0n) is 9.11. The Hall–Kier alpha value is -1.52. The molecule has 1 aromatic carbocycles. The van der Waals surface area contributed by atoms with E-state index in [0.29, 0.717) is 17.1 Å². The van der Waals surface area contributed by atoms with Gasteiger partial charge in [0.2, 0.25) is 0 Å². The van der Waals surface area contributed by atoms with Crippen LogP contribution in [0.2, 0.25) is 5.02 Å². The van der Waals surface area contributed by atoms with Crippen LogP contribution in [0.15, 0.2) is 24.3 Å². The topological polar surface area (TPSA) is 46.0 Å². The third kappa shape index (κ3) is 2.60. The van der Waals surface area contributed by atoms with Crippen LogP contribution in [0, 0.1) is 12.7 Å². The number of aliphatic hydroxyl groups excluding tert-OH is 1. The van der Waals surface area contributed by atoms with Gasteiger partial charge in [-0.2, -0.15) is 0 Å². The highest BCUT2D eigenvalue weighted by molar-refractivity contribution is 6.31. The summed E-state index contributed by atoms with van der Waals surface area (Å²) in [5.74, 6) is -0.0543. The highest BCUT2D eigenvalue weighted by Gasteiger charge is 2.07. The highest BCUT2D eigenvalue weighted by Crippen LogP contribution is 2.22. The Morgan fingerprint density at radius 2 is 2.06 bits per heavy atom. The van der Waals surface area contributed by atoms with Crippen molar-refractivity contribution in [2.45, 2.75) is 13.5 Å². The monoisotopic (exact) mass is 252 g/mol. The van der Waals surface area contributed by atoms with Crippen molar-refractivity contribution in [1.29, 1.82) is 0 Å². The van der Waals surface area contributed by atoms with E-state index < -0.39 is 5.82 Å². The number of rotatable bonds is 2. The van der Waals surface area contributed by atoms with Gasteiger partial charge < -0.3 is 5.11 Å². The predicted molar refractivity (Wildman–Crippen MR) is 63.1 cm³/mol. The summed E-state index contributed by atoms with van der Waals surface area (Å²) in [5, 5.41) is 9.08. The molecule has 17 heavy (non-hydrogen) atoms. The summed E-state index contributed by atoms with van der Waals surface area (Å²) >= 11 is 5.70. The lowest BCUT2D eigenvalue weighted by molar-refractivity contribution is 0.276. The molecule has 0 unspecified atom stereocenters. The number of hydrogen-bond acceptors (Lipinski definition) is 3. The molecule has 1 aromatic heterocycles. The fourth-order valence-electron chi connectivity index (χ4n) is 1.48. The normalized spacial score (nSPS) is 10.6. The van der Waals surface area contributed by atoms with Crippen LogP contribution >= 0.6 is 11.6 Å². The van der Waals surface area contributed by atoms with Gasteiger partial charge in [-0.05, 0) is 31.2 Å². The number of halogens is 2. The molecule has 0 fully saturated rings. The van der Waals surface area contributed by atoms with Crippen molar-refractivity contribution < 1.29 is 9.50 Å². The average Bonchev–Trinajstić information content (AvgIpc) is 2.32. The SMILES string of the molecule is Cc1cc(CO)nc(-c2ccc(F)c(Cl)c2)n1. The highest BCUT2D eigenvalue weighted by atomic mass is 35.5. The number of nitrogens with zero attached hydrogens (tertiary/aromatic N) is 2. The van der Waals surface area contributed by atoms with Gasteiger partial charge in [-0.1, -0.05) is 11.6 Å². The maximum Gasteiger partial charge on any atom is 0.159 e. The largest absolute Gasteiger partial charge is 0.390 e. The molecule has 0 aliphatic carbocycles. The summed E-state index contributed by atoms with van der Waals surface area (Å²) < 4.78 is 13.0. The second kappa shape index (κ2) is 4.77. The Labute approximate surface area is 103 Å². The van der Waals surface area contributed by atoms with E-state index in [-0.39, 0.29) is 11.6 Å². The summed E-state index contributed by atoms with van der Waals surface area (Å²) in [4.78, 5) is 8.37. The molecule has 0 amide bonds. The van der Waals surface area contributed by atoms with Crippen LogP contribution in [-0.2, 0) is 6.61 Å². The van der Waals surface area contributed by atoms with Crippen molar-refractivity contribution in [2.24, 2.45) is 0 Å². The van der Waals surface area contributed by atoms with E-state index >= 15 is 0 Å². The first-order valence-corrected chi connectivity index (χ1v) is 5.39. The minimum absolute atomic E-state index is 0.0261. The molecule has 1 N–H and O–H groups in total. The van der Waals surface area contributed by atoms with Crippen molar-refractivity contribution in [3.05, 3.63) is 46.5 Å². The lowest BCUT2D eigenvalue weighted by Crippen LogP contribution is -1.98. The van der Waals surface area contributed by atoms with E-state index in [2.05, 4.69) is 9.97 Å². The Kier molecular flexibility index (Phi) is 3.36. The number of benzene rings is 1. The predicted octanol–water partition coefficient (Wildman–Crippen LogP) is 2.74. The van der Waals surface area contributed by atoms with Crippen LogP contribution in [0.25, 0.3) is 11.4 Å². The molecule has 2 rings (SSSR count). The van der Waals surface area contributed by atoms with Crippen molar-refractivity contribution in [1.82, 2.24) is 9.97 Å². The lowest BCUT2D eigenvalue weighted by Gasteiger charge is -2.05. The van der Waals surface area contributed by atoms with Crippen LogP contribution in [0.5, 0.6) is 0 Å². The maximum atomic E-state index is 13.0. The van der Waals surface area contributed by atoms with Gasteiger partial charge in [-0.15, -0.1) is 0 Å². The number of aromatic nitrogens is 2. The molecule has 3 nitrogen and oxygen atoms in total. The van der Waals surface area contributed by atoms with E-state index in [1.165, 1.54) is 12.1 Å². The summed E-state index contributed by atoms with van der Waals surface area (Å²) in [7, 11) is 0. The third-order valence-electron chi connectivity index (χ3n) is 2.25. The zero-order chi connectivity index (χ0) is 12.4. The molecule has 0 spiro atoms. The summed E-state index contributed by atoms with van der Waals surface area (Å²) in [6, 6.07) is 5.97. The summed E-state index contributed by atoms with van der Waals surface area (Å²) in [6.45, 7) is 1.64. The summed E-state index contributed by atoms with van der Waals surface area (Å²) in [5.41, 5.74) is 1.88.